The molecule has 26 heavy (non-hydrogen) atoms. The van der Waals surface area contributed by atoms with Gasteiger partial charge in [0, 0.05) is 45.2 Å². The first-order valence-electron chi connectivity index (χ1n) is 9.99. The molecular formula is C21H29N3O2. The predicted molar refractivity (Wildman–Crippen MR) is 100 cm³/mol. The van der Waals surface area contributed by atoms with Crippen LogP contribution in [0.15, 0.2) is 24.3 Å². The van der Waals surface area contributed by atoms with Crippen LogP contribution in [0.3, 0.4) is 0 Å². The minimum Gasteiger partial charge on any atom is -0.340 e. The zero-order chi connectivity index (χ0) is 18.1. The lowest BCUT2D eigenvalue weighted by Crippen LogP contribution is -2.59. The van der Waals surface area contributed by atoms with Crippen LogP contribution in [-0.4, -0.2) is 65.3 Å². The minimum absolute atomic E-state index is 0.167. The van der Waals surface area contributed by atoms with E-state index in [4.69, 9.17) is 0 Å². The summed E-state index contributed by atoms with van der Waals surface area (Å²) in [6, 6.07) is 8.21. The topological polar surface area (TPSA) is 43.9 Å². The second-order valence-electron chi connectivity index (χ2n) is 8.07. The van der Waals surface area contributed by atoms with E-state index in [9.17, 15) is 9.59 Å². The number of rotatable bonds is 3. The maximum Gasteiger partial charge on any atom is 0.242 e. The molecule has 1 aliphatic carbocycles. The fourth-order valence-corrected chi connectivity index (χ4v) is 4.41. The summed E-state index contributed by atoms with van der Waals surface area (Å²) in [5.74, 6) is 0.677. The number of amides is 2. The van der Waals surface area contributed by atoms with Crippen molar-refractivity contribution in [2.24, 2.45) is 5.92 Å². The summed E-state index contributed by atoms with van der Waals surface area (Å²) in [6.45, 7) is 6.72. The van der Waals surface area contributed by atoms with Crippen molar-refractivity contribution in [1.29, 1.82) is 0 Å². The van der Waals surface area contributed by atoms with Gasteiger partial charge in [0.15, 0.2) is 0 Å². The summed E-state index contributed by atoms with van der Waals surface area (Å²) in [5, 5.41) is 0. The average Bonchev–Trinajstić information content (AvgIpc) is 2.79. The number of hydrogen-bond donors (Lipinski definition) is 0. The molecule has 2 aliphatic heterocycles. The maximum absolute atomic E-state index is 13.2. The fourth-order valence-electron chi connectivity index (χ4n) is 4.41. The van der Waals surface area contributed by atoms with E-state index in [-0.39, 0.29) is 23.8 Å². The van der Waals surface area contributed by atoms with Crippen molar-refractivity contribution in [3.05, 3.63) is 35.4 Å². The molecule has 5 heteroatoms. The number of carbonyl (C=O) groups is 2. The van der Waals surface area contributed by atoms with Gasteiger partial charge in [0.1, 0.15) is 6.04 Å². The molecule has 2 heterocycles. The van der Waals surface area contributed by atoms with Crippen molar-refractivity contribution in [2.75, 3.05) is 32.7 Å². The Balaban J connectivity index is 1.46. The fraction of sp³-hybridized carbons (Fsp3) is 0.619. The first kappa shape index (κ1) is 17.5. The van der Waals surface area contributed by atoms with Crippen LogP contribution in [0.2, 0.25) is 0 Å². The van der Waals surface area contributed by atoms with E-state index in [1.807, 2.05) is 9.80 Å². The molecule has 1 aromatic carbocycles. The molecule has 140 valence electrons. The van der Waals surface area contributed by atoms with Gasteiger partial charge >= 0.3 is 0 Å². The van der Waals surface area contributed by atoms with E-state index in [2.05, 4.69) is 36.1 Å². The van der Waals surface area contributed by atoms with Crippen molar-refractivity contribution in [1.82, 2.24) is 14.7 Å². The Bertz CT molecular complexity index is 686. The molecule has 4 rings (SSSR count). The Kier molecular flexibility index (Phi) is 4.98. The lowest BCUT2D eigenvalue weighted by atomic mass is 9.84. The van der Waals surface area contributed by atoms with Crippen molar-refractivity contribution >= 4 is 11.8 Å². The second-order valence-corrected chi connectivity index (χ2v) is 8.07. The largest absolute Gasteiger partial charge is 0.340 e. The molecule has 3 fully saturated rings. The molecule has 5 nitrogen and oxygen atoms in total. The van der Waals surface area contributed by atoms with Gasteiger partial charge in [-0.15, -0.1) is 0 Å². The van der Waals surface area contributed by atoms with Crippen LogP contribution in [0.5, 0.6) is 0 Å². The van der Waals surface area contributed by atoms with Gasteiger partial charge in [0.2, 0.25) is 11.8 Å². The highest BCUT2D eigenvalue weighted by Gasteiger charge is 2.39. The highest BCUT2D eigenvalue weighted by molar-refractivity contribution is 5.85. The molecule has 0 radical (unpaired) electrons. The van der Waals surface area contributed by atoms with Gasteiger partial charge in [-0.05, 0) is 31.7 Å². The van der Waals surface area contributed by atoms with E-state index in [0.29, 0.717) is 13.1 Å². The van der Waals surface area contributed by atoms with Crippen molar-refractivity contribution in [3.63, 3.8) is 0 Å². The number of piperazine rings is 1. The van der Waals surface area contributed by atoms with Gasteiger partial charge in [-0.25, -0.2) is 0 Å². The highest BCUT2D eigenvalue weighted by atomic mass is 16.2. The van der Waals surface area contributed by atoms with E-state index >= 15 is 0 Å². The molecule has 1 aromatic rings. The number of carbonyl (C=O) groups excluding carboxylic acids is 2. The Labute approximate surface area is 155 Å². The number of fused-ring (bicyclic) bond motifs is 1. The molecule has 0 aromatic heterocycles. The molecule has 0 N–H and O–H groups in total. The second kappa shape index (κ2) is 7.39. The number of nitrogens with zero attached hydrogens (tertiary/aromatic N) is 3. The standard InChI is InChI=1S/C21H29N3O2/c1-16-5-2-6-17(13-16)14-24-12-11-22-9-4-10-23(15-19(22)21(24)26)20(25)18-7-3-8-18/h2,5-6,13,18-19H,3-4,7-12,14-15H2,1H3. The van der Waals surface area contributed by atoms with Crippen molar-refractivity contribution < 1.29 is 9.59 Å². The van der Waals surface area contributed by atoms with Crippen LogP contribution in [0.1, 0.15) is 36.8 Å². The first-order valence-corrected chi connectivity index (χ1v) is 9.99. The van der Waals surface area contributed by atoms with Crippen molar-refractivity contribution in [3.8, 4) is 0 Å². The van der Waals surface area contributed by atoms with Crippen LogP contribution in [0.25, 0.3) is 0 Å². The molecule has 2 amide bonds. The zero-order valence-electron chi connectivity index (χ0n) is 15.7. The molecule has 1 atom stereocenters. The van der Waals surface area contributed by atoms with Gasteiger partial charge in [0.05, 0.1) is 0 Å². The summed E-state index contributed by atoms with van der Waals surface area (Å²) >= 11 is 0. The summed E-state index contributed by atoms with van der Waals surface area (Å²) in [5.41, 5.74) is 2.41. The monoisotopic (exact) mass is 355 g/mol. The number of benzene rings is 1. The van der Waals surface area contributed by atoms with Crippen LogP contribution < -0.4 is 0 Å². The maximum atomic E-state index is 13.2. The SMILES string of the molecule is Cc1cccc(CN2CCN3CCCN(C(=O)C4CCC4)CC3C2=O)c1. The number of hydrogen-bond acceptors (Lipinski definition) is 3. The summed E-state index contributed by atoms with van der Waals surface area (Å²) in [4.78, 5) is 32.1. The predicted octanol–water partition coefficient (Wildman–Crippen LogP) is 2.04. The third-order valence-electron chi connectivity index (χ3n) is 6.18. The highest BCUT2D eigenvalue weighted by Crippen LogP contribution is 2.29. The van der Waals surface area contributed by atoms with E-state index in [1.54, 1.807) is 0 Å². The van der Waals surface area contributed by atoms with Gasteiger partial charge in [-0.1, -0.05) is 36.2 Å². The normalized spacial score (nSPS) is 24.8. The first-order chi connectivity index (χ1) is 12.6. The number of aryl methyl sites for hydroxylation is 1. The molecule has 0 bridgehead atoms. The van der Waals surface area contributed by atoms with Crippen LogP contribution in [0.4, 0.5) is 0 Å². The quantitative estimate of drug-likeness (QED) is 0.833. The molecule has 2 saturated heterocycles. The summed E-state index contributed by atoms with van der Waals surface area (Å²) in [6.07, 6.45) is 4.19. The van der Waals surface area contributed by atoms with Gasteiger partial charge in [-0.2, -0.15) is 0 Å². The lowest BCUT2D eigenvalue weighted by Gasteiger charge is -2.41. The third kappa shape index (κ3) is 3.50. The van der Waals surface area contributed by atoms with E-state index < -0.39 is 0 Å². The summed E-state index contributed by atoms with van der Waals surface area (Å²) < 4.78 is 0. The average molecular weight is 355 g/mol. The molecular weight excluding hydrogens is 326 g/mol. The Morgan fingerprint density at radius 3 is 2.69 bits per heavy atom. The Morgan fingerprint density at radius 2 is 1.96 bits per heavy atom. The zero-order valence-corrected chi connectivity index (χ0v) is 15.7. The summed E-state index contributed by atoms with van der Waals surface area (Å²) in [7, 11) is 0. The van der Waals surface area contributed by atoms with Crippen LogP contribution in [0, 0.1) is 12.8 Å². The smallest absolute Gasteiger partial charge is 0.242 e. The molecule has 3 aliphatic rings. The molecule has 0 spiro atoms. The van der Waals surface area contributed by atoms with Gasteiger partial charge in [0.25, 0.3) is 0 Å². The van der Waals surface area contributed by atoms with E-state index in [0.717, 1.165) is 45.4 Å². The molecule has 1 unspecified atom stereocenters. The van der Waals surface area contributed by atoms with Crippen LogP contribution >= 0.6 is 0 Å². The molecule has 1 saturated carbocycles. The van der Waals surface area contributed by atoms with E-state index in [1.165, 1.54) is 17.5 Å². The van der Waals surface area contributed by atoms with Gasteiger partial charge < -0.3 is 9.80 Å². The Hall–Kier alpha value is -1.88. The van der Waals surface area contributed by atoms with Crippen LogP contribution in [-0.2, 0) is 16.1 Å². The lowest BCUT2D eigenvalue weighted by molar-refractivity contribution is -0.145. The van der Waals surface area contributed by atoms with Gasteiger partial charge in [-0.3, -0.25) is 14.5 Å². The Morgan fingerprint density at radius 1 is 1.12 bits per heavy atom. The third-order valence-corrected chi connectivity index (χ3v) is 6.18. The van der Waals surface area contributed by atoms with Crippen molar-refractivity contribution in [2.45, 2.75) is 45.2 Å². The minimum atomic E-state index is -0.167.